The van der Waals surface area contributed by atoms with Crippen LogP contribution >= 0.6 is 0 Å². The maximum Gasteiger partial charge on any atom is 0.0374 e. The number of hydrogen-bond acceptors (Lipinski definition) is 7. The highest BCUT2D eigenvalue weighted by atomic mass is 14.8. The van der Waals surface area contributed by atoms with Gasteiger partial charge in [0.15, 0.2) is 0 Å². The van der Waals surface area contributed by atoms with Gasteiger partial charge < -0.3 is 40.1 Å². The molecule has 0 unspecified atom stereocenters. The second-order valence-corrected chi connectivity index (χ2v) is 4.38. The van der Waals surface area contributed by atoms with Crippen molar-refractivity contribution in [1.82, 2.24) is 0 Å². The number of nitrogens with two attached hydrogens (primary N) is 7. The zero-order valence-electron chi connectivity index (χ0n) is 10.3. The van der Waals surface area contributed by atoms with Crippen molar-refractivity contribution in [3.05, 3.63) is 0 Å². The fraction of sp³-hybridized carbons (Fsp3) is 1.00. The summed E-state index contributed by atoms with van der Waals surface area (Å²) in [6, 6.07) is 0. The lowest BCUT2D eigenvalue weighted by atomic mass is 9.89. The van der Waals surface area contributed by atoms with Gasteiger partial charge >= 0.3 is 0 Å². The van der Waals surface area contributed by atoms with Crippen molar-refractivity contribution in [1.29, 1.82) is 0 Å². The van der Waals surface area contributed by atoms with Crippen molar-refractivity contribution in [3.8, 4) is 0 Å². The van der Waals surface area contributed by atoms with E-state index in [1.54, 1.807) is 0 Å². The monoisotopic (exact) mass is 235 g/mol. The maximum atomic E-state index is 5.47. The van der Waals surface area contributed by atoms with Crippen molar-refractivity contribution in [2.45, 2.75) is 12.5 Å². The molecule has 100 valence electrons. The molecular weight excluding hydrogens is 206 g/mol. The van der Waals surface area contributed by atoms with Crippen molar-refractivity contribution in [2.24, 2.45) is 45.6 Å². The van der Waals surface area contributed by atoms with Crippen LogP contribution in [0.4, 0.5) is 0 Å². The Morgan fingerprint density at radius 3 is 0.875 bits per heavy atom. The Balaban J connectivity index is 0. The summed E-state index contributed by atoms with van der Waals surface area (Å²) in [5, 5.41) is 0. The first-order valence-electron chi connectivity index (χ1n) is 5.36. The van der Waals surface area contributed by atoms with E-state index in [9.17, 15) is 0 Å². The Hall–Kier alpha value is -0.280. The normalized spacial score (nSPS) is 12.0. The molecule has 0 radical (unpaired) electrons. The third-order valence-corrected chi connectivity index (χ3v) is 2.66. The van der Waals surface area contributed by atoms with Crippen LogP contribution in [0.3, 0.4) is 0 Å². The minimum atomic E-state index is -0.361. The molecule has 0 rings (SSSR count). The van der Waals surface area contributed by atoms with Gasteiger partial charge in [-0.2, -0.15) is 0 Å². The van der Waals surface area contributed by atoms with Crippen LogP contribution in [0.5, 0.6) is 0 Å². The molecule has 14 N–H and O–H groups in total. The Kier molecular flexibility index (Phi) is 9.98. The van der Waals surface area contributed by atoms with E-state index in [-0.39, 0.29) is 11.0 Å². The topological polar surface area (TPSA) is 182 Å². The molecule has 0 aromatic rings. The summed E-state index contributed by atoms with van der Waals surface area (Å²) in [6.45, 7) is 4.60. The first kappa shape index (κ1) is 18.1. The van der Waals surface area contributed by atoms with Gasteiger partial charge in [0.25, 0.3) is 0 Å². The Morgan fingerprint density at radius 2 is 0.875 bits per heavy atom. The van der Waals surface area contributed by atoms with E-state index in [4.69, 9.17) is 40.1 Å². The molecule has 0 aliphatic rings. The largest absolute Gasteiger partial charge is 0.330 e. The van der Waals surface area contributed by atoms with Gasteiger partial charge in [-0.15, -0.1) is 0 Å². The third kappa shape index (κ3) is 7.07. The highest BCUT2D eigenvalue weighted by Crippen LogP contribution is 2.06. The smallest absolute Gasteiger partial charge is 0.0374 e. The Bertz CT molecular complexity index is 132. The maximum absolute atomic E-state index is 5.47. The second kappa shape index (κ2) is 8.82. The van der Waals surface area contributed by atoms with Crippen LogP contribution in [0.25, 0.3) is 0 Å². The summed E-state index contributed by atoms with van der Waals surface area (Å²) >= 11 is 0. The lowest BCUT2D eigenvalue weighted by Gasteiger charge is -2.26. The Labute approximate surface area is 98.0 Å². The van der Waals surface area contributed by atoms with Crippen molar-refractivity contribution in [2.75, 3.05) is 39.3 Å². The van der Waals surface area contributed by atoms with E-state index in [0.717, 1.165) is 0 Å². The fourth-order valence-electron chi connectivity index (χ4n) is 0.583. The number of rotatable bonds is 6. The van der Waals surface area contributed by atoms with Gasteiger partial charge in [0.05, 0.1) is 0 Å². The quantitative estimate of drug-likeness (QED) is 0.248. The minimum absolute atomic E-state index is 0.222. The summed E-state index contributed by atoms with van der Waals surface area (Å²) in [5.41, 5.74) is 36.9. The summed E-state index contributed by atoms with van der Waals surface area (Å²) in [4.78, 5) is 0. The molecule has 0 saturated carbocycles. The molecule has 0 aliphatic heterocycles. The van der Waals surface area contributed by atoms with E-state index >= 15 is 0 Å². The zero-order valence-corrected chi connectivity index (χ0v) is 10.3. The van der Waals surface area contributed by atoms with Crippen molar-refractivity contribution in [3.63, 3.8) is 0 Å². The summed E-state index contributed by atoms with van der Waals surface area (Å²) < 4.78 is 0. The van der Waals surface area contributed by atoms with Gasteiger partial charge in [0.2, 0.25) is 0 Å². The molecule has 0 heterocycles. The first-order valence-corrected chi connectivity index (χ1v) is 5.36. The van der Waals surface area contributed by atoms with Crippen LogP contribution in [0.2, 0.25) is 0 Å². The van der Waals surface area contributed by atoms with E-state index in [2.05, 4.69) is 0 Å². The predicted octanol–water partition coefficient (Wildman–Crippen LogP) is -3.57. The molecule has 0 aromatic carbocycles. The molecule has 16 heavy (non-hydrogen) atoms. The highest BCUT2D eigenvalue weighted by Gasteiger charge is 2.22. The van der Waals surface area contributed by atoms with Crippen molar-refractivity contribution >= 4 is 0 Å². The molecule has 0 spiro atoms. The molecule has 7 heteroatoms. The van der Waals surface area contributed by atoms with Crippen LogP contribution < -0.4 is 40.1 Å². The van der Waals surface area contributed by atoms with E-state index in [1.165, 1.54) is 0 Å². The SMILES string of the molecule is CC(N)(CN)CN.NCC(CN)(CN)CN. The molecule has 0 amide bonds. The van der Waals surface area contributed by atoms with Gasteiger partial charge in [0, 0.05) is 50.2 Å². The minimum Gasteiger partial charge on any atom is -0.330 e. The molecule has 0 saturated heterocycles. The third-order valence-electron chi connectivity index (χ3n) is 2.66. The molecule has 0 aromatic heterocycles. The van der Waals surface area contributed by atoms with Crippen LogP contribution in [0.1, 0.15) is 6.92 Å². The standard InChI is InChI=1S/C5H16N4.C4H13N3/c6-1-5(2-7,3-8)4-9;1-4(7,2-5)3-6/h1-4,6-9H2;2-3,5-7H2,1H3. The average Bonchev–Trinajstić information content (AvgIpc) is 2.34. The van der Waals surface area contributed by atoms with Crippen LogP contribution in [0.15, 0.2) is 0 Å². The van der Waals surface area contributed by atoms with Gasteiger partial charge in [0.1, 0.15) is 0 Å². The zero-order chi connectivity index (χ0) is 13.2. The van der Waals surface area contributed by atoms with Gasteiger partial charge in [-0.05, 0) is 6.92 Å². The first-order chi connectivity index (χ1) is 7.36. The second-order valence-electron chi connectivity index (χ2n) is 4.38. The van der Waals surface area contributed by atoms with Gasteiger partial charge in [-0.1, -0.05) is 0 Å². The lowest BCUT2D eigenvalue weighted by molar-refractivity contribution is 0.333. The summed E-state index contributed by atoms with van der Waals surface area (Å²) in [7, 11) is 0. The Morgan fingerprint density at radius 1 is 0.625 bits per heavy atom. The summed E-state index contributed by atoms with van der Waals surface area (Å²) in [5.74, 6) is 0. The highest BCUT2D eigenvalue weighted by molar-refractivity contribution is 4.82. The molecule has 0 fully saturated rings. The van der Waals surface area contributed by atoms with Crippen LogP contribution in [-0.2, 0) is 0 Å². The van der Waals surface area contributed by atoms with E-state index in [0.29, 0.717) is 39.3 Å². The molecular formula is C9H29N7. The van der Waals surface area contributed by atoms with Gasteiger partial charge in [-0.25, -0.2) is 0 Å². The van der Waals surface area contributed by atoms with Crippen molar-refractivity contribution < 1.29 is 0 Å². The lowest BCUT2D eigenvalue weighted by Crippen LogP contribution is -2.50. The molecule has 0 atom stereocenters. The fourth-order valence-corrected chi connectivity index (χ4v) is 0.583. The van der Waals surface area contributed by atoms with E-state index < -0.39 is 0 Å². The van der Waals surface area contributed by atoms with Crippen LogP contribution in [-0.4, -0.2) is 44.8 Å². The van der Waals surface area contributed by atoms with Gasteiger partial charge in [-0.3, -0.25) is 0 Å². The average molecular weight is 235 g/mol. The summed E-state index contributed by atoms with van der Waals surface area (Å²) in [6.07, 6.45) is 0. The molecule has 7 nitrogen and oxygen atoms in total. The van der Waals surface area contributed by atoms with E-state index in [1.807, 2.05) is 6.92 Å². The number of hydrogen-bond donors (Lipinski definition) is 7. The molecule has 0 aliphatic carbocycles. The van der Waals surface area contributed by atoms with Crippen LogP contribution in [0, 0.1) is 5.41 Å². The molecule has 0 bridgehead atoms. The predicted molar refractivity (Wildman–Crippen MR) is 69.4 cm³/mol.